The van der Waals surface area contributed by atoms with Gasteiger partial charge in [-0.05, 0) is 55.3 Å². The van der Waals surface area contributed by atoms with E-state index < -0.39 is 22.5 Å². The highest BCUT2D eigenvalue weighted by molar-refractivity contribution is 9.10. The SMILES string of the molecule is Cc1ccc(C)c(N(CC(=O)NN)S(=O)(=O)c2ccc(Br)cc2)c1. The van der Waals surface area contributed by atoms with Gasteiger partial charge < -0.3 is 0 Å². The number of nitrogens with two attached hydrogens (primary N) is 1. The quantitative estimate of drug-likeness (QED) is 0.448. The molecule has 0 aliphatic carbocycles. The predicted octanol–water partition coefficient (Wildman–Crippen LogP) is 2.25. The van der Waals surface area contributed by atoms with Crippen molar-refractivity contribution in [3.8, 4) is 0 Å². The summed E-state index contributed by atoms with van der Waals surface area (Å²) in [7, 11) is -3.92. The van der Waals surface area contributed by atoms with Crippen LogP contribution >= 0.6 is 15.9 Å². The van der Waals surface area contributed by atoms with Gasteiger partial charge in [-0.2, -0.15) is 0 Å². The van der Waals surface area contributed by atoms with E-state index in [2.05, 4.69) is 15.9 Å². The van der Waals surface area contributed by atoms with Gasteiger partial charge >= 0.3 is 0 Å². The van der Waals surface area contributed by atoms with Crippen LogP contribution in [0.3, 0.4) is 0 Å². The third-order valence-electron chi connectivity index (χ3n) is 3.48. The molecule has 0 heterocycles. The number of nitrogens with zero attached hydrogens (tertiary/aromatic N) is 1. The summed E-state index contributed by atoms with van der Waals surface area (Å²) in [4.78, 5) is 11.9. The Labute approximate surface area is 149 Å². The number of anilines is 1. The number of carbonyl (C=O) groups excluding carboxylic acids is 1. The van der Waals surface area contributed by atoms with Crippen molar-refractivity contribution in [1.29, 1.82) is 0 Å². The summed E-state index contributed by atoms with van der Waals surface area (Å²) >= 11 is 3.28. The summed E-state index contributed by atoms with van der Waals surface area (Å²) in [5, 5.41) is 0. The summed E-state index contributed by atoms with van der Waals surface area (Å²) in [6, 6.07) is 11.7. The molecule has 2 aromatic rings. The number of carbonyl (C=O) groups is 1. The number of nitrogens with one attached hydrogen (secondary N) is 1. The largest absolute Gasteiger partial charge is 0.293 e. The lowest BCUT2D eigenvalue weighted by Crippen LogP contribution is -2.43. The Morgan fingerprint density at radius 1 is 1.17 bits per heavy atom. The number of hydrogen-bond acceptors (Lipinski definition) is 4. The van der Waals surface area contributed by atoms with Crippen LogP contribution in [0.2, 0.25) is 0 Å². The van der Waals surface area contributed by atoms with Crippen molar-refractivity contribution in [3.63, 3.8) is 0 Å². The molecule has 0 aromatic heterocycles. The molecule has 0 fully saturated rings. The Bertz CT molecular complexity index is 851. The molecule has 6 nitrogen and oxygen atoms in total. The lowest BCUT2D eigenvalue weighted by molar-refractivity contribution is -0.119. The van der Waals surface area contributed by atoms with Gasteiger partial charge in [0.1, 0.15) is 6.54 Å². The van der Waals surface area contributed by atoms with Gasteiger partial charge in [0.25, 0.3) is 15.9 Å². The number of hydrogen-bond donors (Lipinski definition) is 2. The first-order valence-corrected chi connectivity index (χ1v) is 9.34. The van der Waals surface area contributed by atoms with Crippen molar-refractivity contribution in [2.24, 2.45) is 5.84 Å². The van der Waals surface area contributed by atoms with Crippen molar-refractivity contribution in [2.75, 3.05) is 10.8 Å². The van der Waals surface area contributed by atoms with Crippen LogP contribution < -0.4 is 15.6 Å². The maximum atomic E-state index is 13.0. The fraction of sp³-hybridized carbons (Fsp3) is 0.188. The second-order valence-electron chi connectivity index (χ2n) is 5.32. The van der Waals surface area contributed by atoms with E-state index in [0.717, 1.165) is 19.9 Å². The molecule has 0 aliphatic rings. The number of amides is 1. The van der Waals surface area contributed by atoms with Gasteiger partial charge in [0, 0.05) is 4.47 Å². The van der Waals surface area contributed by atoms with Crippen molar-refractivity contribution in [1.82, 2.24) is 5.43 Å². The van der Waals surface area contributed by atoms with E-state index in [0.29, 0.717) is 5.69 Å². The molecular weight excluding hydrogens is 394 g/mol. The zero-order valence-corrected chi connectivity index (χ0v) is 15.7. The lowest BCUT2D eigenvalue weighted by atomic mass is 10.1. The second kappa shape index (κ2) is 7.33. The molecule has 0 spiro atoms. The predicted molar refractivity (Wildman–Crippen MR) is 96.9 cm³/mol. The third kappa shape index (κ3) is 3.95. The molecule has 0 unspecified atom stereocenters. The molecular formula is C16H18BrN3O3S. The normalized spacial score (nSPS) is 11.2. The number of sulfonamides is 1. The summed E-state index contributed by atoms with van der Waals surface area (Å²) in [5.74, 6) is 4.54. The van der Waals surface area contributed by atoms with Gasteiger partial charge in [-0.15, -0.1) is 0 Å². The highest BCUT2D eigenvalue weighted by atomic mass is 79.9. The highest BCUT2D eigenvalue weighted by Crippen LogP contribution is 2.28. The molecule has 2 rings (SSSR count). The first-order valence-electron chi connectivity index (χ1n) is 7.10. The fourth-order valence-electron chi connectivity index (χ4n) is 2.20. The molecule has 2 aromatic carbocycles. The summed E-state index contributed by atoms with van der Waals surface area (Å²) < 4.78 is 27.9. The minimum Gasteiger partial charge on any atom is -0.293 e. The minimum absolute atomic E-state index is 0.0939. The van der Waals surface area contributed by atoms with Crippen LogP contribution in [0.5, 0.6) is 0 Å². The van der Waals surface area contributed by atoms with Crippen LogP contribution in [0.15, 0.2) is 51.8 Å². The minimum atomic E-state index is -3.92. The first kappa shape index (κ1) is 18.4. The van der Waals surface area contributed by atoms with E-state index >= 15 is 0 Å². The standard InChI is InChI=1S/C16H18BrN3O3S/c1-11-3-4-12(2)15(9-11)20(10-16(21)19-18)24(22,23)14-7-5-13(17)6-8-14/h3-9H,10,18H2,1-2H3,(H,19,21). The summed E-state index contributed by atoms with van der Waals surface area (Å²) in [6.07, 6.45) is 0. The van der Waals surface area contributed by atoms with Crippen LogP contribution in [-0.2, 0) is 14.8 Å². The number of hydrazine groups is 1. The first-order chi connectivity index (χ1) is 11.3. The van der Waals surface area contributed by atoms with E-state index in [4.69, 9.17) is 5.84 Å². The summed E-state index contributed by atoms with van der Waals surface area (Å²) in [5.41, 5.74) is 4.06. The van der Waals surface area contributed by atoms with Gasteiger partial charge in [-0.25, -0.2) is 14.3 Å². The summed E-state index contributed by atoms with van der Waals surface area (Å²) in [6.45, 7) is 3.24. The van der Waals surface area contributed by atoms with Gasteiger partial charge in [0.15, 0.2) is 0 Å². The Balaban J connectivity index is 2.59. The van der Waals surface area contributed by atoms with E-state index in [1.807, 2.05) is 24.5 Å². The van der Waals surface area contributed by atoms with Crippen molar-refractivity contribution < 1.29 is 13.2 Å². The number of benzene rings is 2. The van der Waals surface area contributed by atoms with Crippen molar-refractivity contribution in [3.05, 3.63) is 58.1 Å². The van der Waals surface area contributed by atoms with Crippen LogP contribution in [0, 0.1) is 13.8 Å². The van der Waals surface area contributed by atoms with Crippen LogP contribution in [-0.4, -0.2) is 20.9 Å². The van der Waals surface area contributed by atoms with Gasteiger partial charge in [0.05, 0.1) is 10.6 Å². The molecule has 0 atom stereocenters. The van der Waals surface area contributed by atoms with E-state index in [1.54, 1.807) is 25.1 Å². The molecule has 24 heavy (non-hydrogen) atoms. The smallest absolute Gasteiger partial charge is 0.264 e. The zero-order chi connectivity index (χ0) is 17.9. The zero-order valence-electron chi connectivity index (χ0n) is 13.3. The molecule has 0 aliphatic heterocycles. The van der Waals surface area contributed by atoms with Gasteiger partial charge in [-0.1, -0.05) is 28.1 Å². The molecule has 0 radical (unpaired) electrons. The average molecular weight is 412 g/mol. The lowest BCUT2D eigenvalue weighted by Gasteiger charge is -2.25. The van der Waals surface area contributed by atoms with E-state index in [1.165, 1.54) is 12.1 Å². The number of halogens is 1. The maximum absolute atomic E-state index is 13.0. The highest BCUT2D eigenvalue weighted by Gasteiger charge is 2.28. The third-order valence-corrected chi connectivity index (χ3v) is 5.79. The molecule has 0 bridgehead atoms. The fourth-order valence-corrected chi connectivity index (χ4v) is 3.94. The van der Waals surface area contributed by atoms with Crippen LogP contribution in [0.4, 0.5) is 5.69 Å². The number of rotatable bonds is 5. The monoisotopic (exact) mass is 411 g/mol. The van der Waals surface area contributed by atoms with Crippen molar-refractivity contribution >= 4 is 37.5 Å². The molecule has 0 saturated heterocycles. The Kier molecular flexibility index (Phi) is 5.63. The topological polar surface area (TPSA) is 92.5 Å². The Morgan fingerprint density at radius 3 is 2.38 bits per heavy atom. The number of aryl methyl sites for hydroxylation is 2. The van der Waals surface area contributed by atoms with Gasteiger partial charge in [-0.3, -0.25) is 14.5 Å². The van der Waals surface area contributed by atoms with Gasteiger partial charge in [0.2, 0.25) is 0 Å². The molecule has 3 N–H and O–H groups in total. The van der Waals surface area contributed by atoms with E-state index in [-0.39, 0.29) is 4.90 Å². The van der Waals surface area contributed by atoms with E-state index in [9.17, 15) is 13.2 Å². The Morgan fingerprint density at radius 2 is 1.79 bits per heavy atom. The molecule has 0 saturated carbocycles. The van der Waals surface area contributed by atoms with Crippen molar-refractivity contribution in [2.45, 2.75) is 18.7 Å². The maximum Gasteiger partial charge on any atom is 0.264 e. The molecule has 8 heteroatoms. The molecule has 128 valence electrons. The average Bonchev–Trinajstić information content (AvgIpc) is 2.55. The molecule has 1 amide bonds. The Hall–Kier alpha value is -1.90. The van der Waals surface area contributed by atoms with Crippen LogP contribution in [0.1, 0.15) is 11.1 Å². The second-order valence-corrected chi connectivity index (χ2v) is 8.10. The van der Waals surface area contributed by atoms with Crippen LogP contribution in [0.25, 0.3) is 0 Å².